The molecule has 2 aromatic rings. The molecule has 0 aliphatic carbocycles. The van der Waals surface area contributed by atoms with E-state index < -0.39 is 5.97 Å². The zero-order valence-electron chi connectivity index (χ0n) is 12.6. The lowest BCUT2D eigenvalue weighted by Crippen LogP contribution is -2.27. The van der Waals surface area contributed by atoms with Gasteiger partial charge in [0.05, 0.1) is 18.1 Å². The van der Waals surface area contributed by atoms with Gasteiger partial charge in [0.15, 0.2) is 5.69 Å². The van der Waals surface area contributed by atoms with Crippen LogP contribution in [0.15, 0.2) is 12.4 Å². The highest BCUT2D eigenvalue weighted by molar-refractivity contribution is 5.92. The van der Waals surface area contributed by atoms with Crippen LogP contribution >= 0.6 is 0 Å². The Hall–Kier alpha value is -2.77. The molecule has 2 N–H and O–H groups in total. The van der Waals surface area contributed by atoms with Crippen LogP contribution in [0.3, 0.4) is 0 Å². The molecule has 0 aliphatic heterocycles. The monoisotopic (exact) mass is 303 g/mol. The molecule has 0 radical (unpaired) electrons. The third-order valence-electron chi connectivity index (χ3n) is 3.42. The number of rotatable bonds is 5. The van der Waals surface area contributed by atoms with Crippen molar-refractivity contribution in [2.45, 2.75) is 20.3 Å². The van der Waals surface area contributed by atoms with Crippen molar-refractivity contribution in [2.24, 2.45) is 7.05 Å². The van der Waals surface area contributed by atoms with Crippen LogP contribution < -0.4 is 5.32 Å². The van der Waals surface area contributed by atoms with Crippen molar-refractivity contribution in [3.63, 3.8) is 0 Å². The summed E-state index contributed by atoms with van der Waals surface area (Å²) >= 11 is 0. The molecule has 0 fully saturated rings. The molecule has 8 nitrogen and oxygen atoms in total. The summed E-state index contributed by atoms with van der Waals surface area (Å²) in [4.78, 5) is 30.0. The number of hydrogen-bond acceptors (Lipinski definition) is 5. The molecule has 1 amide bonds. The van der Waals surface area contributed by atoms with E-state index in [0.717, 1.165) is 29.3 Å². The molecule has 0 aromatic carbocycles. The number of carboxylic acid groups (broad SMARTS) is 1. The molecule has 2 rings (SSSR count). The standard InChI is InChI=1S/C14H17N5O3/c1-8-10(9(2)19(3)18-8)4-5-15-13(20)11-6-17-12(7-16-11)14(21)22/h6-7H,4-5H2,1-3H3,(H,15,20)(H,21,22). The molecule has 2 aromatic heterocycles. The minimum Gasteiger partial charge on any atom is -0.476 e. The van der Waals surface area contributed by atoms with Crippen LogP contribution in [0.1, 0.15) is 37.9 Å². The first-order valence-electron chi connectivity index (χ1n) is 6.72. The number of aromatic nitrogens is 4. The summed E-state index contributed by atoms with van der Waals surface area (Å²) < 4.78 is 1.81. The topological polar surface area (TPSA) is 110 Å². The van der Waals surface area contributed by atoms with E-state index in [9.17, 15) is 9.59 Å². The van der Waals surface area contributed by atoms with Crippen molar-refractivity contribution in [1.82, 2.24) is 25.1 Å². The number of carboxylic acids is 1. The van der Waals surface area contributed by atoms with Gasteiger partial charge in [-0.1, -0.05) is 0 Å². The van der Waals surface area contributed by atoms with Crippen molar-refractivity contribution in [3.05, 3.63) is 40.7 Å². The first kappa shape index (κ1) is 15.6. The number of amides is 1. The number of aryl methyl sites for hydroxylation is 2. The van der Waals surface area contributed by atoms with Crippen LogP contribution in [-0.4, -0.2) is 43.3 Å². The average Bonchev–Trinajstić information content (AvgIpc) is 2.73. The van der Waals surface area contributed by atoms with Gasteiger partial charge in [-0.25, -0.2) is 14.8 Å². The van der Waals surface area contributed by atoms with E-state index in [1.807, 2.05) is 25.6 Å². The third kappa shape index (κ3) is 3.27. The Bertz CT molecular complexity index is 706. The van der Waals surface area contributed by atoms with Crippen molar-refractivity contribution in [2.75, 3.05) is 6.54 Å². The van der Waals surface area contributed by atoms with Crippen LogP contribution in [0.2, 0.25) is 0 Å². The maximum atomic E-state index is 11.9. The number of aromatic carboxylic acids is 1. The molecule has 0 atom stereocenters. The Balaban J connectivity index is 1.94. The Morgan fingerprint density at radius 1 is 1.23 bits per heavy atom. The summed E-state index contributed by atoms with van der Waals surface area (Å²) in [6, 6.07) is 0. The smallest absolute Gasteiger partial charge is 0.356 e. The normalized spacial score (nSPS) is 10.5. The second-order valence-electron chi connectivity index (χ2n) is 4.87. The third-order valence-corrected chi connectivity index (χ3v) is 3.42. The summed E-state index contributed by atoms with van der Waals surface area (Å²) in [5.41, 5.74) is 3.01. The summed E-state index contributed by atoms with van der Waals surface area (Å²) in [7, 11) is 1.88. The van der Waals surface area contributed by atoms with Crippen LogP contribution in [-0.2, 0) is 13.5 Å². The molecular weight excluding hydrogens is 286 g/mol. The Morgan fingerprint density at radius 3 is 2.36 bits per heavy atom. The quantitative estimate of drug-likeness (QED) is 0.832. The van der Waals surface area contributed by atoms with Crippen molar-refractivity contribution in [3.8, 4) is 0 Å². The van der Waals surface area contributed by atoms with Crippen molar-refractivity contribution >= 4 is 11.9 Å². The van der Waals surface area contributed by atoms with Crippen LogP contribution in [0.25, 0.3) is 0 Å². The van der Waals surface area contributed by atoms with Gasteiger partial charge in [0.25, 0.3) is 5.91 Å². The highest BCUT2D eigenvalue weighted by atomic mass is 16.4. The van der Waals surface area contributed by atoms with E-state index in [1.165, 1.54) is 0 Å². The van der Waals surface area contributed by atoms with Gasteiger partial charge in [0.1, 0.15) is 5.69 Å². The fourth-order valence-corrected chi connectivity index (χ4v) is 2.13. The number of hydrogen-bond donors (Lipinski definition) is 2. The van der Waals surface area contributed by atoms with Crippen molar-refractivity contribution < 1.29 is 14.7 Å². The van der Waals surface area contributed by atoms with E-state index in [1.54, 1.807) is 0 Å². The van der Waals surface area contributed by atoms with Gasteiger partial charge in [0, 0.05) is 19.3 Å². The Morgan fingerprint density at radius 2 is 1.86 bits per heavy atom. The summed E-state index contributed by atoms with van der Waals surface area (Å²) in [5, 5.41) is 15.8. The molecule has 22 heavy (non-hydrogen) atoms. The summed E-state index contributed by atoms with van der Waals surface area (Å²) in [6.07, 6.45) is 2.88. The van der Waals surface area contributed by atoms with E-state index in [2.05, 4.69) is 20.4 Å². The minimum atomic E-state index is -1.18. The second-order valence-corrected chi connectivity index (χ2v) is 4.87. The molecule has 0 saturated carbocycles. The lowest BCUT2D eigenvalue weighted by Gasteiger charge is -2.05. The SMILES string of the molecule is Cc1nn(C)c(C)c1CCNC(=O)c1cnc(C(=O)O)cn1. The van der Waals surface area contributed by atoms with Gasteiger partial charge in [-0.05, 0) is 25.8 Å². The number of nitrogens with one attached hydrogen (secondary N) is 1. The zero-order chi connectivity index (χ0) is 16.3. The Kier molecular flexibility index (Phi) is 4.50. The molecule has 0 saturated heterocycles. The van der Waals surface area contributed by atoms with E-state index in [4.69, 9.17) is 5.11 Å². The molecule has 0 spiro atoms. The lowest BCUT2D eigenvalue weighted by atomic mass is 10.1. The number of carbonyl (C=O) groups excluding carboxylic acids is 1. The second kappa shape index (κ2) is 6.33. The molecule has 2 heterocycles. The van der Waals surface area contributed by atoms with Gasteiger partial charge < -0.3 is 10.4 Å². The highest BCUT2D eigenvalue weighted by Crippen LogP contribution is 2.11. The average molecular weight is 303 g/mol. The van der Waals surface area contributed by atoms with Crippen LogP contribution in [0.5, 0.6) is 0 Å². The number of carbonyl (C=O) groups is 2. The Labute approximate surface area is 127 Å². The summed E-state index contributed by atoms with van der Waals surface area (Å²) in [6.45, 7) is 4.35. The van der Waals surface area contributed by atoms with Gasteiger partial charge in [-0.15, -0.1) is 0 Å². The number of nitrogens with zero attached hydrogens (tertiary/aromatic N) is 4. The summed E-state index contributed by atoms with van der Waals surface area (Å²) in [5.74, 6) is -1.56. The van der Waals surface area contributed by atoms with Crippen molar-refractivity contribution in [1.29, 1.82) is 0 Å². The van der Waals surface area contributed by atoms with E-state index >= 15 is 0 Å². The first-order chi connectivity index (χ1) is 10.4. The highest BCUT2D eigenvalue weighted by Gasteiger charge is 2.12. The minimum absolute atomic E-state index is 0.0876. The van der Waals surface area contributed by atoms with Gasteiger partial charge >= 0.3 is 5.97 Å². The van der Waals surface area contributed by atoms with Gasteiger partial charge in [-0.2, -0.15) is 5.10 Å². The lowest BCUT2D eigenvalue weighted by molar-refractivity contribution is 0.0689. The predicted octanol–water partition coefficient (Wildman–Crippen LogP) is 0.498. The zero-order valence-corrected chi connectivity index (χ0v) is 12.6. The van der Waals surface area contributed by atoms with Gasteiger partial charge in [0.2, 0.25) is 0 Å². The maximum absolute atomic E-state index is 11.9. The molecule has 0 unspecified atom stereocenters. The predicted molar refractivity (Wildman–Crippen MR) is 77.7 cm³/mol. The van der Waals surface area contributed by atoms with E-state index in [0.29, 0.717) is 13.0 Å². The first-order valence-corrected chi connectivity index (χ1v) is 6.72. The van der Waals surface area contributed by atoms with E-state index in [-0.39, 0.29) is 17.3 Å². The van der Waals surface area contributed by atoms with Crippen LogP contribution in [0.4, 0.5) is 0 Å². The molecule has 116 valence electrons. The fraction of sp³-hybridized carbons (Fsp3) is 0.357. The molecular formula is C14H17N5O3. The van der Waals surface area contributed by atoms with Crippen LogP contribution in [0, 0.1) is 13.8 Å². The van der Waals surface area contributed by atoms with Gasteiger partial charge in [-0.3, -0.25) is 9.48 Å². The molecule has 0 bridgehead atoms. The maximum Gasteiger partial charge on any atom is 0.356 e. The molecule has 0 aliphatic rings. The fourth-order valence-electron chi connectivity index (χ4n) is 2.13. The largest absolute Gasteiger partial charge is 0.476 e. The molecule has 8 heteroatoms.